The average Bonchev–Trinajstić information content (AvgIpc) is 2.20. The number of para-hydroxylation sites is 1. The molecule has 78 valence electrons. The van der Waals surface area contributed by atoms with Crippen molar-refractivity contribution in [3.8, 4) is 11.8 Å². The Balaban J connectivity index is 2.45. The quantitative estimate of drug-likeness (QED) is 0.471. The van der Waals surface area contributed by atoms with Gasteiger partial charge in [-0.25, -0.2) is 0 Å². The third kappa shape index (κ3) is 4.57. The van der Waals surface area contributed by atoms with E-state index in [2.05, 4.69) is 11.8 Å². The summed E-state index contributed by atoms with van der Waals surface area (Å²) in [6, 6.07) is 7.51. The largest absolute Gasteiger partial charge is 0.398 e. The van der Waals surface area contributed by atoms with Crippen LogP contribution in [0.4, 0.5) is 5.69 Å². The molecule has 1 aromatic carbocycles. The molecule has 2 nitrogen and oxygen atoms in total. The highest BCUT2D eigenvalue weighted by molar-refractivity contribution is 8.13. The first kappa shape index (κ1) is 11.7. The summed E-state index contributed by atoms with van der Waals surface area (Å²) in [6.45, 7) is 1.56. The first-order valence-electron chi connectivity index (χ1n) is 4.67. The lowest BCUT2D eigenvalue weighted by atomic mass is 10.2. The topological polar surface area (TPSA) is 43.1 Å². The van der Waals surface area contributed by atoms with Crippen LogP contribution < -0.4 is 5.73 Å². The molecule has 0 aromatic heterocycles. The second kappa shape index (κ2) is 6.15. The summed E-state index contributed by atoms with van der Waals surface area (Å²) in [4.78, 5) is 10.6. The summed E-state index contributed by atoms with van der Waals surface area (Å²) in [5.41, 5.74) is 7.27. The van der Waals surface area contributed by atoms with Gasteiger partial charge in [0.1, 0.15) is 0 Å². The molecule has 0 amide bonds. The number of anilines is 1. The van der Waals surface area contributed by atoms with Crippen LogP contribution in [0.3, 0.4) is 0 Å². The maximum absolute atomic E-state index is 10.6. The van der Waals surface area contributed by atoms with Crippen LogP contribution in [0.15, 0.2) is 24.3 Å². The van der Waals surface area contributed by atoms with Crippen LogP contribution in [0.25, 0.3) is 0 Å². The third-order valence-corrected chi connectivity index (χ3v) is 2.53. The minimum Gasteiger partial charge on any atom is -0.398 e. The van der Waals surface area contributed by atoms with Gasteiger partial charge in [0.2, 0.25) is 0 Å². The summed E-state index contributed by atoms with van der Waals surface area (Å²) in [5.74, 6) is 6.73. The Morgan fingerprint density at radius 1 is 1.47 bits per heavy atom. The molecule has 0 radical (unpaired) electrons. The maximum atomic E-state index is 10.6. The van der Waals surface area contributed by atoms with E-state index in [4.69, 9.17) is 5.73 Å². The lowest BCUT2D eigenvalue weighted by Gasteiger charge is -1.95. The molecule has 0 saturated heterocycles. The standard InChI is InChI=1S/C12H13NOS/c1-10(14)15-9-5-4-7-11-6-2-3-8-12(11)13/h2-3,6,8H,5,9,13H2,1H3. The number of nitrogen functional groups attached to an aromatic ring is 1. The fourth-order valence-electron chi connectivity index (χ4n) is 1.01. The fourth-order valence-corrected chi connectivity index (χ4v) is 1.51. The molecule has 2 N–H and O–H groups in total. The van der Waals surface area contributed by atoms with Gasteiger partial charge in [-0.3, -0.25) is 4.79 Å². The van der Waals surface area contributed by atoms with E-state index in [0.29, 0.717) is 12.1 Å². The van der Waals surface area contributed by atoms with Crippen LogP contribution in [0.2, 0.25) is 0 Å². The molecule has 3 heteroatoms. The highest BCUT2D eigenvalue weighted by Crippen LogP contribution is 2.08. The molecule has 0 bridgehead atoms. The van der Waals surface area contributed by atoms with E-state index in [-0.39, 0.29) is 5.12 Å². The summed E-state index contributed by atoms with van der Waals surface area (Å²) in [7, 11) is 0. The van der Waals surface area contributed by atoms with Gasteiger partial charge < -0.3 is 5.73 Å². The first-order chi connectivity index (χ1) is 7.20. The zero-order chi connectivity index (χ0) is 11.1. The van der Waals surface area contributed by atoms with E-state index >= 15 is 0 Å². The average molecular weight is 219 g/mol. The SMILES string of the molecule is CC(=O)SCCC#Cc1ccccc1N. The van der Waals surface area contributed by atoms with Crippen LogP contribution in [0.5, 0.6) is 0 Å². The molecular weight excluding hydrogens is 206 g/mol. The molecule has 1 rings (SSSR count). The minimum atomic E-state index is 0.135. The van der Waals surface area contributed by atoms with E-state index in [9.17, 15) is 4.79 Å². The van der Waals surface area contributed by atoms with E-state index in [1.165, 1.54) is 11.8 Å². The molecule has 15 heavy (non-hydrogen) atoms. The number of carbonyl (C=O) groups is 1. The Labute approximate surface area is 94.2 Å². The lowest BCUT2D eigenvalue weighted by Crippen LogP contribution is -1.88. The molecular formula is C12H13NOS. The number of hydrogen-bond donors (Lipinski definition) is 1. The summed E-state index contributed by atoms with van der Waals surface area (Å²) in [5, 5.41) is 0.135. The molecule has 0 aliphatic rings. The van der Waals surface area contributed by atoms with Gasteiger partial charge in [0.05, 0.1) is 0 Å². The zero-order valence-electron chi connectivity index (χ0n) is 8.62. The van der Waals surface area contributed by atoms with E-state index < -0.39 is 0 Å². The minimum absolute atomic E-state index is 0.135. The van der Waals surface area contributed by atoms with Gasteiger partial charge in [0, 0.05) is 30.3 Å². The summed E-state index contributed by atoms with van der Waals surface area (Å²) >= 11 is 1.30. The zero-order valence-corrected chi connectivity index (χ0v) is 9.43. The van der Waals surface area contributed by atoms with Gasteiger partial charge in [0.15, 0.2) is 5.12 Å². The van der Waals surface area contributed by atoms with Gasteiger partial charge in [-0.05, 0) is 12.1 Å². The van der Waals surface area contributed by atoms with E-state index in [1.54, 1.807) is 6.92 Å². The number of nitrogens with two attached hydrogens (primary N) is 1. The molecule has 1 aromatic rings. The van der Waals surface area contributed by atoms with Crippen LogP contribution in [-0.4, -0.2) is 10.9 Å². The van der Waals surface area contributed by atoms with Crippen LogP contribution in [-0.2, 0) is 4.79 Å². The molecule has 0 aliphatic carbocycles. The Morgan fingerprint density at radius 3 is 2.87 bits per heavy atom. The molecule has 0 aliphatic heterocycles. The summed E-state index contributed by atoms with van der Waals surface area (Å²) in [6.07, 6.45) is 0.707. The van der Waals surface area contributed by atoms with Crippen molar-refractivity contribution in [3.63, 3.8) is 0 Å². The number of carbonyl (C=O) groups excluding carboxylic acids is 1. The van der Waals surface area contributed by atoms with E-state index in [0.717, 1.165) is 11.3 Å². The Bertz CT molecular complexity index is 404. The van der Waals surface area contributed by atoms with Crippen LogP contribution >= 0.6 is 11.8 Å². The van der Waals surface area contributed by atoms with E-state index in [1.807, 2.05) is 24.3 Å². The molecule has 0 fully saturated rings. The normalized spacial score (nSPS) is 9.13. The highest BCUT2D eigenvalue weighted by Gasteiger charge is 1.92. The lowest BCUT2D eigenvalue weighted by molar-refractivity contribution is -0.109. The van der Waals surface area contributed by atoms with Crippen molar-refractivity contribution in [1.82, 2.24) is 0 Å². The Kier molecular flexibility index (Phi) is 4.79. The number of rotatable bonds is 2. The molecule has 0 saturated carbocycles. The van der Waals surface area contributed by atoms with Gasteiger partial charge in [-0.2, -0.15) is 0 Å². The first-order valence-corrected chi connectivity index (χ1v) is 5.65. The van der Waals surface area contributed by atoms with Gasteiger partial charge in [-0.1, -0.05) is 35.7 Å². The summed E-state index contributed by atoms with van der Waals surface area (Å²) < 4.78 is 0. The van der Waals surface area contributed by atoms with Crippen molar-refractivity contribution in [2.45, 2.75) is 13.3 Å². The van der Waals surface area contributed by atoms with Gasteiger partial charge in [0.25, 0.3) is 0 Å². The fraction of sp³-hybridized carbons (Fsp3) is 0.250. The number of hydrogen-bond acceptors (Lipinski definition) is 3. The van der Waals surface area contributed by atoms with Crippen LogP contribution in [0.1, 0.15) is 18.9 Å². The maximum Gasteiger partial charge on any atom is 0.185 e. The van der Waals surface area contributed by atoms with Crippen molar-refractivity contribution < 1.29 is 4.79 Å². The molecule has 0 atom stereocenters. The van der Waals surface area contributed by atoms with Gasteiger partial charge >= 0.3 is 0 Å². The molecule has 0 unspecified atom stereocenters. The number of benzene rings is 1. The molecule has 0 heterocycles. The molecule has 0 spiro atoms. The smallest absolute Gasteiger partial charge is 0.185 e. The second-order valence-electron chi connectivity index (χ2n) is 2.98. The monoisotopic (exact) mass is 219 g/mol. The predicted octanol–water partition coefficient (Wildman–Crippen LogP) is 2.29. The highest BCUT2D eigenvalue weighted by atomic mass is 32.2. The second-order valence-corrected chi connectivity index (χ2v) is 4.25. The van der Waals surface area contributed by atoms with Crippen molar-refractivity contribution in [3.05, 3.63) is 29.8 Å². The van der Waals surface area contributed by atoms with Crippen molar-refractivity contribution >= 4 is 22.6 Å². The third-order valence-electron chi connectivity index (χ3n) is 1.72. The predicted molar refractivity (Wildman–Crippen MR) is 65.5 cm³/mol. The Morgan fingerprint density at radius 2 is 2.20 bits per heavy atom. The van der Waals surface area contributed by atoms with Crippen LogP contribution in [0, 0.1) is 11.8 Å². The van der Waals surface area contributed by atoms with Gasteiger partial charge in [-0.15, -0.1) is 0 Å². The van der Waals surface area contributed by atoms with Crippen molar-refractivity contribution in [2.75, 3.05) is 11.5 Å². The Hall–Kier alpha value is -1.40. The van der Waals surface area contributed by atoms with Crippen molar-refractivity contribution in [1.29, 1.82) is 0 Å². The van der Waals surface area contributed by atoms with Crippen molar-refractivity contribution in [2.24, 2.45) is 0 Å². The number of thioether (sulfide) groups is 1.